The molecule has 5 heteroatoms. The van der Waals surface area contributed by atoms with Crippen LogP contribution in [0.15, 0.2) is 29.9 Å². The summed E-state index contributed by atoms with van der Waals surface area (Å²) in [6, 6.07) is 3.99. The third-order valence-corrected chi connectivity index (χ3v) is 5.45. The maximum atomic E-state index is 12.1. The van der Waals surface area contributed by atoms with E-state index in [1.165, 1.54) is 5.01 Å². The maximum Gasteiger partial charge on any atom is 0.222 e. The Labute approximate surface area is 141 Å². The summed E-state index contributed by atoms with van der Waals surface area (Å²) in [6.07, 6.45) is 8.44. The smallest absolute Gasteiger partial charge is 0.222 e. The molecule has 1 amide bonds. The third-order valence-electron chi connectivity index (χ3n) is 4.44. The Morgan fingerprint density at radius 3 is 2.74 bits per heavy atom. The van der Waals surface area contributed by atoms with Gasteiger partial charge in [0.05, 0.1) is 10.7 Å². The van der Waals surface area contributed by atoms with Crippen molar-refractivity contribution in [2.75, 3.05) is 13.1 Å². The average Bonchev–Trinajstić information content (AvgIpc) is 3.11. The first-order valence-electron chi connectivity index (χ1n) is 8.41. The highest BCUT2D eigenvalue weighted by Gasteiger charge is 2.25. The zero-order chi connectivity index (χ0) is 16.1. The van der Waals surface area contributed by atoms with Crippen LogP contribution in [-0.4, -0.2) is 33.9 Å². The third kappa shape index (κ3) is 3.96. The molecule has 1 aliphatic rings. The Balaban J connectivity index is 1.58. The Morgan fingerprint density at radius 1 is 1.30 bits per heavy atom. The van der Waals surface area contributed by atoms with E-state index in [-0.39, 0.29) is 0 Å². The van der Waals surface area contributed by atoms with E-state index in [9.17, 15) is 4.79 Å². The lowest BCUT2D eigenvalue weighted by atomic mass is 9.97. The number of thiazole rings is 1. The number of carbonyl (C=O) groups is 1. The summed E-state index contributed by atoms with van der Waals surface area (Å²) in [6.45, 7) is 3.87. The highest BCUT2D eigenvalue weighted by atomic mass is 32.1. The molecule has 0 unspecified atom stereocenters. The molecule has 1 fully saturated rings. The minimum absolute atomic E-state index is 0.321. The van der Waals surface area contributed by atoms with E-state index in [1.807, 2.05) is 17.0 Å². The number of rotatable bonds is 5. The number of unbranched alkanes of at least 4 members (excludes halogenated alkanes) is 1. The van der Waals surface area contributed by atoms with E-state index in [0.29, 0.717) is 18.2 Å². The first kappa shape index (κ1) is 16.1. The highest BCUT2D eigenvalue weighted by Crippen LogP contribution is 2.32. The molecule has 0 aliphatic carbocycles. The largest absolute Gasteiger partial charge is 0.343 e. The fourth-order valence-electron chi connectivity index (χ4n) is 2.99. The lowest BCUT2D eigenvalue weighted by Crippen LogP contribution is -2.37. The molecule has 1 aliphatic heterocycles. The fraction of sp³-hybridized carbons (Fsp3) is 0.500. The van der Waals surface area contributed by atoms with Crippen molar-refractivity contribution in [3.8, 4) is 11.3 Å². The summed E-state index contributed by atoms with van der Waals surface area (Å²) in [5.74, 6) is 0.813. The van der Waals surface area contributed by atoms with Crippen LogP contribution < -0.4 is 0 Å². The number of nitrogens with zero attached hydrogens (tertiary/aromatic N) is 3. The summed E-state index contributed by atoms with van der Waals surface area (Å²) in [4.78, 5) is 23.0. The van der Waals surface area contributed by atoms with Crippen LogP contribution >= 0.6 is 11.3 Å². The molecule has 0 N–H and O–H groups in total. The molecule has 1 saturated heterocycles. The first-order valence-corrected chi connectivity index (χ1v) is 9.29. The van der Waals surface area contributed by atoms with Gasteiger partial charge in [0, 0.05) is 48.8 Å². The minimum atomic E-state index is 0.321. The van der Waals surface area contributed by atoms with E-state index in [0.717, 1.165) is 50.0 Å². The average molecular weight is 329 g/mol. The summed E-state index contributed by atoms with van der Waals surface area (Å²) in [5.41, 5.74) is 2.16. The van der Waals surface area contributed by atoms with Gasteiger partial charge in [-0.3, -0.25) is 9.78 Å². The van der Waals surface area contributed by atoms with Crippen LogP contribution in [0.1, 0.15) is 50.0 Å². The molecule has 0 spiro atoms. The molecule has 4 nitrogen and oxygen atoms in total. The summed E-state index contributed by atoms with van der Waals surface area (Å²) >= 11 is 1.74. The molecule has 0 bridgehead atoms. The second-order valence-corrected chi connectivity index (χ2v) is 6.96. The topological polar surface area (TPSA) is 46.1 Å². The van der Waals surface area contributed by atoms with E-state index in [1.54, 1.807) is 23.7 Å². The number of hydrogen-bond donors (Lipinski definition) is 0. The van der Waals surface area contributed by atoms with Gasteiger partial charge in [-0.2, -0.15) is 0 Å². The minimum Gasteiger partial charge on any atom is -0.343 e. The van der Waals surface area contributed by atoms with E-state index in [2.05, 4.69) is 17.3 Å². The van der Waals surface area contributed by atoms with Crippen LogP contribution in [0.5, 0.6) is 0 Å². The second kappa shape index (κ2) is 7.68. The van der Waals surface area contributed by atoms with E-state index < -0.39 is 0 Å². The number of carbonyl (C=O) groups excluding carboxylic acids is 1. The van der Waals surface area contributed by atoms with Gasteiger partial charge in [-0.25, -0.2) is 4.98 Å². The molecular formula is C18H23N3OS. The summed E-state index contributed by atoms with van der Waals surface area (Å²) in [7, 11) is 0. The van der Waals surface area contributed by atoms with E-state index in [4.69, 9.17) is 4.98 Å². The molecular weight excluding hydrogens is 306 g/mol. The molecule has 0 saturated carbocycles. The van der Waals surface area contributed by atoms with Gasteiger partial charge < -0.3 is 4.90 Å². The van der Waals surface area contributed by atoms with Gasteiger partial charge in [-0.05, 0) is 31.4 Å². The van der Waals surface area contributed by atoms with Crippen molar-refractivity contribution in [2.24, 2.45) is 0 Å². The van der Waals surface area contributed by atoms with Gasteiger partial charge in [0.1, 0.15) is 0 Å². The molecule has 2 aromatic rings. The Bertz CT molecular complexity index is 633. The van der Waals surface area contributed by atoms with Crippen LogP contribution in [0.25, 0.3) is 11.3 Å². The Hall–Kier alpha value is -1.75. The van der Waals surface area contributed by atoms with Gasteiger partial charge in [0.15, 0.2) is 0 Å². The van der Waals surface area contributed by atoms with Crippen LogP contribution in [0.2, 0.25) is 0 Å². The molecule has 2 aromatic heterocycles. The number of pyridine rings is 1. The molecule has 0 aromatic carbocycles. The van der Waals surface area contributed by atoms with Crippen LogP contribution in [0, 0.1) is 0 Å². The summed E-state index contributed by atoms with van der Waals surface area (Å²) < 4.78 is 0. The molecule has 122 valence electrons. The van der Waals surface area contributed by atoms with Crippen molar-refractivity contribution in [2.45, 2.75) is 44.9 Å². The molecule has 3 rings (SSSR count). The number of aromatic nitrogens is 2. The number of amides is 1. The van der Waals surface area contributed by atoms with Gasteiger partial charge in [0.2, 0.25) is 5.91 Å². The predicted molar refractivity (Wildman–Crippen MR) is 93.4 cm³/mol. The van der Waals surface area contributed by atoms with E-state index >= 15 is 0 Å². The number of piperidine rings is 1. The van der Waals surface area contributed by atoms with Crippen molar-refractivity contribution in [3.63, 3.8) is 0 Å². The lowest BCUT2D eigenvalue weighted by molar-refractivity contribution is -0.132. The number of likely N-dealkylation sites (tertiary alicyclic amines) is 1. The van der Waals surface area contributed by atoms with Crippen molar-refractivity contribution in [1.29, 1.82) is 0 Å². The fourth-order valence-corrected chi connectivity index (χ4v) is 3.99. The molecule has 0 radical (unpaired) electrons. The van der Waals surface area contributed by atoms with Gasteiger partial charge in [-0.1, -0.05) is 13.3 Å². The quantitative estimate of drug-likeness (QED) is 0.829. The summed E-state index contributed by atoms with van der Waals surface area (Å²) in [5, 5.41) is 3.33. The Morgan fingerprint density at radius 2 is 2.04 bits per heavy atom. The van der Waals surface area contributed by atoms with Crippen molar-refractivity contribution < 1.29 is 4.79 Å². The van der Waals surface area contributed by atoms with Crippen molar-refractivity contribution in [1.82, 2.24) is 14.9 Å². The molecule has 3 heterocycles. The van der Waals surface area contributed by atoms with Gasteiger partial charge in [-0.15, -0.1) is 11.3 Å². The lowest BCUT2D eigenvalue weighted by Gasteiger charge is -2.31. The SMILES string of the molecule is CCCCC(=O)N1CCC(c2nc(-c3ccncc3)cs2)CC1. The zero-order valence-corrected chi connectivity index (χ0v) is 14.4. The molecule has 23 heavy (non-hydrogen) atoms. The normalized spacial score (nSPS) is 15.8. The van der Waals surface area contributed by atoms with Crippen molar-refractivity contribution in [3.05, 3.63) is 34.9 Å². The number of hydrogen-bond acceptors (Lipinski definition) is 4. The second-order valence-electron chi connectivity index (χ2n) is 6.07. The zero-order valence-electron chi connectivity index (χ0n) is 13.6. The van der Waals surface area contributed by atoms with Gasteiger partial charge >= 0.3 is 0 Å². The predicted octanol–water partition coefficient (Wildman–Crippen LogP) is 4.10. The molecule has 0 atom stereocenters. The highest BCUT2D eigenvalue weighted by molar-refractivity contribution is 7.10. The van der Waals surface area contributed by atoms with Crippen LogP contribution in [0.4, 0.5) is 0 Å². The van der Waals surface area contributed by atoms with Gasteiger partial charge in [0.25, 0.3) is 0 Å². The monoisotopic (exact) mass is 329 g/mol. The maximum absolute atomic E-state index is 12.1. The standard InChI is InChI=1S/C18H23N3OS/c1-2-3-4-17(22)21-11-7-15(8-12-21)18-20-16(13-23-18)14-5-9-19-10-6-14/h5-6,9-10,13,15H,2-4,7-8,11-12H2,1H3. The van der Waals surface area contributed by atoms with Crippen LogP contribution in [0.3, 0.4) is 0 Å². The van der Waals surface area contributed by atoms with Crippen LogP contribution in [-0.2, 0) is 4.79 Å². The van der Waals surface area contributed by atoms with Crippen molar-refractivity contribution >= 4 is 17.2 Å². The Kier molecular flexibility index (Phi) is 5.39. The first-order chi connectivity index (χ1) is 11.3.